The summed E-state index contributed by atoms with van der Waals surface area (Å²) in [7, 11) is 0. The normalized spacial score (nSPS) is 12.6. The van der Waals surface area contributed by atoms with Gasteiger partial charge in [-0.1, -0.05) is 12.1 Å². The number of nitrogens with one attached hydrogen (secondary N) is 3. The van der Waals surface area contributed by atoms with Crippen LogP contribution in [0, 0.1) is 0 Å². The Balaban J connectivity index is 1.56. The number of amides is 2. The molecule has 0 saturated heterocycles. The quantitative estimate of drug-likeness (QED) is 0.566. The molecule has 3 N–H and O–H groups in total. The summed E-state index contributed by atoms with van der Waals surface area (Å²) in [6, 6.07) is 12.9. The van der Waals surface area contributed by atoms with Crippen molar-refractivity contribution in [2.45, 2.75) is 13.3 Å². The van der Waals surface area contributed by atoms with E-state index in [-0.39, 0.29) is 12.5 Å². The van der Waals surface area contributed by atoms with Gasteiger partial charge in [-0.15, -0.1) is 0 Å². The predicted molar refractivity (Wildman–Crippen MR) is 111 cm³/mol. The van der Waals surface area contributed by atoms with Gasteiger partial charge in [-0.2, -0.15) is 0 Å². The van der Waals surface area contributed by atoms with Crippen molar-refractivity contribution in [1.82, 2.24) is 15.3 Å². The number of fused-ring (bicyclic) bond motifs is 1. The van der Waals surface area contributed by atoms with E-state index in [0.29, 0.717) is 17.8 Å². The molecule has 0 saturated carbocycles. The first-order chi connectivity index (χ1) is 14.5. The van der Waals surface area contributed by atoms with E-state index in [1.165, 1.54) is 6.92 Å². The van der Waals surface area contributed by atoms with E-state index in [4.69, 9.17) is 4.74 Å². The Labute approximate surface area is 172 Å². The lowest BCUT2D eigenvalue weighted by Crippen LogP contribution is -2.31. The molecule has 4 rings (SSSR count). The Morgan fingerprint density at radius 2 is 2.03 bits per heavy atom. The zero-order valence-electron chi connectivity index (χ0n) is 16.3. The summed E-state index contributed by atoms with van der Waals surface area (Å²) in [5.74, 6) is -0.993. The van der Waals surface area contributed by atoms with Crippen LogP contribution in [-0.2, 0) is 20.7 Å². The maximum atomic E-state index is 12.0. The summed E-state index contributed by atoms with van der Waals surface area (Å²) < 4.78 is 4.70. The van der Waals surface area contributed by atoms with Crippen LogP contribution in [0.1, 0.15) is 23.0 Å². The number of aromatic amines is 1. The van der Waals surface area contributed by atoms with E-state index in [1.54, 1.807) is 18.3 Å². The largest absolute Gasteiger partial charge is 0.456 e. The number of pyridine rings is 1. The molecule has 1 aliphatic heterocycles. The number of aromatic nitrogens is 2. The second-order valence-electron chi connectivity index (χ2n) is 6.92. The lowest BCUT2D eigenvalue weighted by Gasteiger charge is -2.11. The Hall–Kier alpha value is -3.94. The smallest absolute Gasteiger partial charge is 0.303 e. The van der Waals surface area contributed by atoms with Crippen LogP contribution in [-0.4, -0.2) is 40.9 Å². The molecule has 0 fully saturated rings. The fraction of sp³-hybridized carbons (Fsp3) is 0.182. The summed E-state index contributed by atoms with van der Waals surface area (Å²) >= 11 is 0. The summed E-state index contributed by atoms with van der Waals surface area (Å²) in [6.07, 6.45) is 2.48. The third kappa shape index (κ3) is 4.22. The number of H-pyrrole nitrogens is 1. The molecule has 1 aliphatic rings. The molecule has 8 nitrogen and oxygen atoms in total. The van der Waals surface area contributed by atoms with Crippen LogP contribution in [0.3, 0.4) is 0 Å². The topological polar surface area (TPSA) is 113 Å². The van der Waals surface area contributed by atoms with E-state index in [2.05, 4.69) is 20.6 Å². The van der Waals surface area contributed by atoms with Gasteiger partial charge in [0.25, 0.3) is 11.8 Å². The zero-order chi connectivity index (χ0) is 21.1. The lowest BCUT2D eigenvalue weighted by molar-refractivity contribution is -0.144. The maximum absolute atomic E-state index is 12.0. The molecule has 0 bridgehead atoms. The van der Waals surface area contributed by atoms with Crippen LogP contribution < -0.4 is 10.6 Å². The number of esters is 1. The van der Waals surface area contributed by atoms with Crippen LogP contribution in [0.15, 0.2) is 48.7 Å². The zero-order valence-corrected chi connectivity index (χ0v) is 16.3. The number of hydrogen-bond acceptors (Lipinski definition) is 5. The molecule has 0 atom stereocenters. The number of nitrogens with zero attached hydrogens (tertiary/aromatic N) is 1. The number of hydrogen-bond donors (Lipinski definition) is 3. The number of benzene rings is 1. The summed E-state index contributed by atoms with van der Waals surface area (Å²) in [4.78, 5) is 42.5. The van der Waals surface area contributed by atoms with Crippen molar-refractivity contribution in [3.8, 4) is 22.5 Å². The Morgan fingerprint density at radius 3 is 2.83 bits per heavy atom. The van der Waals surface area contributed by atoms with Gasteiger partial charge in [0.05, 0.1) is 11.3 Å². The first-order valence-corrected chi connectivity index (χ1v) is 9.50. The van der Waals surface area contributed by atoms with Crippen molar-refractivity contribution in [3.63, 3.8) is 0 Å². The predicted octanol–water partition coefficient (Wildman–Crippen LogP) is 2.53. The summed E-state index contributed by atoms with van der Waals surface area (Å²) in [5, 5.41) is 5.54. The van der Waals surface area contributed by atoms with Crippen molar-refractivity contribution in [3.05, 3.63) is 59.9 Å². The maximum Gasteiger partial charge on any atom is 0.303 e. The molecule has 30 heavy (non-hydrogen) atoms. The highest BCUT2D eigenvalue weighted by Crippen LogP contribution is 2.28. The van der Waals surface area contributed by atoms with E-state index in [9.17, 15) is 14.4 Å². The Kier molecular flexibility index (Phi) is 5.30. The number of carbonyl (C=O) groups is 3. The molecule has 2 aromatic heterocycles. The summed E-state index contributed by atoms with van der Waals surface area (Å²) in [5.41, 5.74) is 5.48. The van der Waals surface area contributed by atoms with Crippen LogP contribution >= 0.6 is 0 Å². The van der Waals surface area contributed by atoms with Crippen molar-refractivity contribution in [2.75, 3.05) is 18.5 Å². The van der Waals surface area contributed by atoms with Gasteiger partial charge in [0, 0.05) is 54.3 Å². The van der Waals surface area contributed by atoms with Crippen LogP contribution in [0.2, 0.25) is 0 Å². The third-order valence-electron chi connectivity index (χ3n) is 4.72. The minimum Gasteiger partial charge on any atom is -0.456 e. The van der Waals surface area contributed by atoms with Gasteiger partial charge in [0.1, 0.15) is 0 Å². The standard InChI is InChI=1S/C22H20N4O4/c1-13(27)30-12-21(28)25-16-4-2-3-14(9-16)19-10-15(5-7-23-19)20-11-17-18(26-20)6-8-24-22(17)29/h2-5,7,9-11,26H,6,8,12H2,1H3,(H,24,29)(H,25,28). The fourth-order valence-electron chi connectivity index (χ4n) is 3.33. The average Bonchev–Trinajstić information content (AvgIpc) is 3.18. The van der Waals surface area contributed by atoms with Gasteiger partial charge in [-0.25, -0.2) is 0 Å². The highest BCUT2D eigenvalue weighted by molar-refractivity contribution is 5.98. The number of ether oxygens (including phenoxy) is 1. The number of anilines is 1. The molecular weight excluding hydrogens is 384 g/mol. The van der Waals surface area contributed by atoms with E-state index in [1.807, 2.05) is 30.3 Å². The van der Waals surface area contributed by atoms with Crippen molar-refractivity contribution in [1.29, 1.82) is 0 Å². The molecule has 0 radical (unpaired) electrons. The highest BCUT2D eigenvalue weighted by Gasteiger charge is 2.20. The molecule has 0 aliphatic carbocycles. The highest BCUT2D eigenvalue weighted by atomic mass is 16.5. The van der Waals surface area contributed by atoms with E-state index >= 15 is 0 Å². The molecule has 1 aromatic carbocycles. The Morgan fingerprint density at radius 1 is 1.17 bits per heavy atom. The molecule has 3 aromatic rings. The van der Waals surface area contributed by atoms with Crippen molar-refractivity contribution in [2.24, 2.45) is 0 Å². The minimum atomic E-state index is -0.511. The van der Waals surface area contributed by atoms with E-state index < -0.39 is 11.9 Å². The van der Waals surface area contributed by atoms with Crippen molar-refractivity contribution >= 4 is 23.5 Å². The molecule has 8 heteroatoms. The van der Waals surface area contributed by atoms with Gasteiger partial charge >= 0.3 is 5.97 Å². The molecule has 152 valence electrons. The molecule has 0 spiro atoms. The van der Waals surface area contributed by atoms with Gasteiger partial charge in [-0.3, -0.25) is 19.4 Å². The fourth-order valence-corrected chi connectivity index (χ4v) is 3.33. The van der Waals surface area contributed by atoms with Crippen molar-refractivity contribution < 1.29 is 19.1 Å². The van der Waals surface area contributed by atoms with Gasteiger partial charge in [0.2, 0.25) is 0 Å². The average molecular weight is 404 g/mol. The Bertz CT molecular complexity index is 1140. The first kappa shape index (κ1) is 19.4. The molecule has 2 amide bonds. The van der Waals surface area contributed by atoms with E-state index in [0.717, 1.165) is 34.6 Å². The monoisotopic (exact) mass is 404 g/mol. The summed E-state index contributed by atoms with van der Waals surface area (Å²) in [6.45, 7) is 1.54. The third-order valence-corrected chi connectivity index (χ3v) is 4.72. The van der Waals surface area contributed by atoms with Crippen LogP contribution in [0.5, 0.6) is 0 Å². The SMILES string of the molecule is CC(=O)OCC(=O)Nc1cccc(-c2cc(-c3cc4c([nH]3)CCNC4=O)ccn2)c1. The second-order valence-corrected chi connectivity index (χ2v) is 6.92. The number of rotatable bonds is 5. The molecule has 0 unspecified atom stereocenters. The minimum absolute atomic E-state index is 0.0646. The van der Waals surface area contributed by atoms with Gasteiger partial charge in [-0.05, 0) is 30.3 Å². The van der Waals surface area contributed by atoms with Gasteiger partial charge in [0.15, 0.2) is 6.61 Å². The number of carbonyl (C=O) groups excluding carboxylic acids is 3. The molecular formula is C22H20N4O4. The molecule has 3 heterocycles. The van der Waals surface area contributed by atoms with Crippen LogP contribution in [0.25, 0.3) is 22.5 Å². The van der Waals surface area contributed by atoms with Crippen LogP contribution in [0.4, 0.5) is 5.69 Å². The first-order valence-electron chi connectivity index (χ1n) is 9.50. The van der Waals surface area contributed by atoms with Gasteiger partial charge < -0.3 is 20.4 Å². The lowest BCUT2D eigenvalue weighted by atomic mass is 10.1. The second kappa shape index (κ2) is 8.20.